The second kappa shape index (κ2) is 9.19. The molecule has 0 aliphatic heterocycles. The van der Waals surface area contributed by atoms with E-state index in [1.807, 2.05) is 6.92 Å². The van der Waals surface area contributed by atoms with Crippen LogP contribution in [0.5, 0.6) is 0 Å². The molecule has 0 saturated heterocycles. The first kappa shape index (κ1) is 14.9. The van der Waals surface area contributed by atoms with Crippen molar-refractivity contribution in [2.75, 3.05) is 13.1 Å². The van der Waals surface area contributed by atoms with Gasteiger partial charge in [-0.1, -0.05) is 33.1 Å². The zero-order chi connectivity index (χ0) is 12.4. The highest BCUT2D eigenvalue weighted by molar-refractivity contribution is 5.76. The summed E-state index contributed by atoms with van der Waals surface area (Å²) < 4.78 is 0. The first-order chi connectivity index (χ1) is 7.61. The Labute approximate surface area is 97.6 Å². The molecule has 0 aromatic heterocycles. The number of aliphatic carboxylic acids is 1. The molecule has 0 atom stereocenters. The lowest BCUT2D eigenvalue weighted by Crippen LogP contribution is -2.33. The molecule has 0 fully saturated rings. The highest BCUT2D eigenvalue weighted by Gasteiger charge is 2.12. The number of carboxylic acid groups (broad SMARTS) is 1. The van der Waals surface area contributed by atoms with Gasteiger partial charge in [0.15, 0.2) is 0 Å². The van der Waals surface area contributed by atoms with Gasteiger partial charge in [0.2, 0.25) is 5.91 Å². The van der Waals surface area contributed by atoms with Crippen molar-refractivity contribution in [2.24, 2.45) is 0 Å². The van der Waals surface area contributed by atoms with Gasteiger partial charge in [0.05, 0.1) is 6.42 Å². The largest absolute Gasteiger partial charge is 0.481 e. The van der Waals surface area contributed by atoms with Gasteiger partial charge in [0.25, 0.3) is 0 Å². The van der Waals surface area contributed by atoms with Crippen LogP contribution in [0.1, 0.15) is 52.4 Å². The van der Waals surface area contributed by atoms with Crippen molar-refractivity contribution < 1.29 is 14.7 Å². The van der Waals surface area contributed by atoms with Crippen molar-refractivity contribution in [1.29, 1.82) is 0 Å². The molecular formula is C12H23NO3. The fourth-order valence-corrected chi connectivity index (χ4v) is 1.54. The smallest absolute Gasteiger partial charge is 0.305 e. The van der Waals surface area contributed by atoms with E-state index in [1.54, 1.807) is 4.90 Å². The summed E-state index contributed by atoms with van der Waals surface area (Å²) in [6, 6.07) is 0. The Kier molecular flexibility index (Phi) is 8.58. The molecule has 0 unspecified atom stereocenters. The predicted octanol–water partition coefficient (Wildman–Crippen LogP) is 2.28. The molecule has 0 aromatic carbocycles. The van der Waals surface area contributed by atoms with Crippen molar-refractivity contribution in [3.05, 3.63) is 0 Å². The lowest BCUT2D eigenvalue weighted by molar-refractivity contribution is -0.138. The summed E-state index contributed by atoms with van der Waals surface area (Å²) in [5, 5.41) is 8.59. The van der Waals surface area contributed by atoms with Gasteiger partial charge in [-0.2, -0.15) is 0 Å². The van der Waals surface area contributed by atoms with E-state index in [1.165, 1.54) is 6.42 Å². The zero-order valence-corrected chi connectivity index (χ0v) is 10.4. The fourth-order valence-electron chi connectivity index (χ4n) is 1.54. The third-order valence-electron chi connectivity index (χ3n) is 2.53. The van der Waals surface area contributed by atoms with E-state index in [0.29, 0.717) is 19.5 Å². The number of hydrogen-bond acceptors (Lipinski definition) is 2. The third-order valence-corrected chi connectivity index (χ3v) is 2.53. The van der Waals surface area contributed by atoms with Crippen LogP contribution >= 0.6 is 0 Å². The molecule has 0 saturated carbocycles. The van der Waals surface area contributed by atoms with Gasteiger partial charge in [0.1, 0.15) is 0 Å². The van der Waals surface area contributed by atoms with Crippen LogP contribution in [0.2, 0.25) is 0 Å². The van der Waals surface area contributed by atoms with Crippen molar-refractivity contribution in [1.82, 2.24) is 4.90 Å². The lowest BCUT2D eigenvalue weighted by Gasteiger charge is -2.21. The van der Waals surface area contributed by atoms with Crippen LogP contribution in [0.3, 0.4) is 0 Å². The summed E-state index contributed by atoms with van der Waals surface area (Å²) in [6.45, 7) is 4.98. The SMILES string of the molecule is CCCCCCN(CCC(=O)O)C(=O)CC. The number of carbonyl (C=O) groups is 2. The van der Waals surface area contributed by atoms with Crippen LogP contribution in [0.15, 0.2) is 0 Å². The maximum absolute atomic E-state index is 11.5. The van der Waals surface area contributed by atoms with Gasteiger partial charge in [0, 0.05) is 19.5 Å². The molecule has 1 amide bonds. The van der Waals surface area contributed by atoms with Crippen molar-refractivity contribution in [3.63, 3.8) is 0 Å². The van der Waals surface area contributed by atoms with Gasteiger partial charge in [-0.25, -0.2) is 0 Å². The molecular weight excluding hydrogens is 206 g/mol. The first-order valence-corrected chi connectivity index (χ1v) is 6.11. The van der Waals surface area contributed by atoms with Crippen LogP contribution in [0, 0.1) is 0 Å². The van der Waals surface area contributed by atoms with Gasteiger partial charge in [-0.05, 0) is 6.42 Å². The fraction of sp³-hybridized carbons (Fsp3) is 0.833. The minimum Gasteiger partial charge on any atom is -0.481 e. The Morgan fingerprint density at radius 3 is 2.25 bits per heavy atom. The van der Waals surface area contributed by atoms with E-state index < -0.39 is 5.97 Å². The Hall–Kier alpha value is -1.06. The van der Waals surface area contributed by atoms with E-state index in [2.05, 4.69) is 6.92 Å². The van der Waals surface area contributed by atoms with E-state index >= 15 is 0 Å². The second-order valence-electron chi connectivity index (χ2n) is 3.94. The molecule has 0 radical (unpaired) electrons. The van der Waals surface area contributed by atoms with Crippen LogP contribution in [0.25, 0.3) is 0 Å². The molecule has 0 aliphatic carbocycles. The van der Waals surface area contributed by atoms with Gasteiger partial charge >= 0.3 is 5.97 Å². The van der Waals surface area contributed by atoms with Crippen molar-refractivity contribution in [2.45, 2.75) is 52.4 Å². The van der Waals surface area contributed by atoms with Gasteiger partial charge in [-0.3, -0.25) is 9.59 Å². The number of unbranched alkanes of at least 4 members (excludes halogenated alkanes) is 3. The van der Waals surface area contributed by atoms with E-state index in [0.717, 1.165) is 19.3 Å². The molecule has 4 nitrogen and oxygen atoms in total. The van der Waals surface area contributed by atoms with Crippen LogP contribution < -0.4 is 0 Å². The monoisotopic (exact) mass is 229 g/mol. The predicted molar refractivity (Wildman–Crippen MR) is 63.3 cm³/mol. The van der Waals surface area contributed by atoms with E-state index in [-0.39, 0.29) is 12.3 Å². The molecule has 0 aromatic rings. The molecule has 4 heteroatoms. The summed E-state index contributed by atoms with van der Waals surface area (Å²) in [5.41, 5.74) is 0. The molecule has 1 N–H and O–H groups in total. The Bertz CT molecular complexity index is 216. The summed E-state index contributed by atoms with van der Waals surface area (Å²) >= 11 is 0. The zero-order valence-electron chi connectivity index (χ0n) is 10.4. The lowest BCUT2D eigenvalue weighted by atomic mass is 10.2. The van der Waals surface area contributed by atoms with Crippen LogP contribution in [-0.2, 0) is 9.59 Å². The van der Waals surface area contributed by atoms with Crippen LogP contribution in [-0.4, -0.2) is 35.0 Å². The maximum Gasteiger partial charge on any atom is 0.305 e. The Balaban J connectivity index is 3.90. The third kappa shape index (κ3) is 7.26. The summed E-state index contributed by atoms with van der Waals surface area (Å²) in [6.07, 6.45) is 4.91. The van der Waals surface area contributed by atoms with Crippen LogP contribution in [0.4, 0.5) is 0 Å². The van der Waals surface area contributed by atoms with E-state index in [4.69, 9.17) is 5.11 Å². The minimum absolute atomic E-state index is 0.0412. The number of carbonyl (C=O) groups excluding carboxylic acids is 1. The van der Waals surface area contributed by atoms with Crippen molar-refractivity contribution >= 4 is 11.9 Å². The minimum atomic E-state index is -0.845. The quantitative estimate of drug-likeness (QED) is 0.617. The Morgan fingerprint density at radius 2 is 1.75 bits per heavy atom. The molecule has 0 rings (SSSR count). The number of hydrogen-bond donors (Lipinski definition) is 1. The Morgan fingerprint density at radius 1 is 1.06 bits per heavy atom. The average Bonchev–Trinajstić information content (AvgIpc) is 2.27. The number of nitrogens with zero attached hydrogens (tertiary/aromatic N) is 1. The molecule has 0 aliphatic rings. The van der Waals surface area contributed by atoms with Gasteiger partial charge in [-0.15, -0.1) is 0 Å². The normalized spacial score (nSPS) is 10.1. The summed E-state index contributed by atoms with van der Waals surface area (Å²) in [5.74, 6) is -0.791. The van der Waals surface area contributed by atoms with Crippen molar-refractivity contribution in [3.8, 4) is 0 Å². The first-order valence-electron chi connectivity index (χ1n) is 6.11. The number of rotatable bonds is 9. The molecule has 16 heavy (non-hydrogen) atoms. The maximum atomic E-state index is 11.5. The molecule has 0 spiro atoms. The second-order valence-corrected chi connectivity index (χ2v) is 3.94. The van der Waals surface area contributed by atoms with E-state index in [9.17, 15) is 9.59 Å². The molecule has 0 heterocycles. The number of carboxylic acids is 1. The molecule has 94 valence electrons. The summed E-state index contributed by atoms with van der Waals surface area (Å²) in [7, 11) is 0. The average molecular weight is 229 g/mol. The highest BCUT2D eigenvalue weighted by Crippen LogP contribution is 2.04. The summed E-state index contributed by atoms with van der Waals surface area (Å²) in [4.78, 5) is 23.6. The highest BCUT2D eigenvalue weighted by atomic mass is 16.4. The molecule has 0 bridgehead atoms. The number of amides is 1. The standard InChI is InChI=1S/C12H23NO3/c1-3-5-6-7-9-13(11(14)4-2)10-8-12(15)16/h3-10H2,1-2H3,(H,15,16). The van der Waals surface area contributed by atoms with Gasteiger partial charge < -0.3 is 10.0 Å². The topological polar surface area (TPSA) is 57.6 Å².